The van der Waals surface area contributed by atoms with Gasteiger partial charge in [0, 0.05) is 6.61 Å². The first-order valence-electron chi connectivity index (χ1n) is 3.77. The Balaban J connectivity index is 3.17. The van der Waals surface area contributed by atoms with Gasteiger partial charge in [0.2, 0.25) is 0 Å². The van der Waals surface area contributed by atoms with Crippen LogP contribution in [-0.4, -0.2) is 28.8 Å². The van der Waals surface area contributed by atoms with Crippen molar-refractivity contribution in [1.29, 1.82) is 0 Å². The summed E-state index contributed by atoms with van der Waals surface area (Å²) in [5.41, 5.74) is 5.24. The zero-order valence-corrected chi connectivity index (χ0v) is 6.49. The molecule has 11 heavy (non-hydrogen) atoms. The maximum atomic E-state index is 10.2. The lowest BCUT2D eigenvalue weighted by Gasteiger charge is -2.04. The lowest BCUT2D eigenvalue weighted by Crippen LogP contribution is -2.29. The van der Waals surface area contributed by atoms with Crippen molar-refractivity contribution in [1.82, 2.24) is 0 Å². The molecule has 1 atom stereocenters. The van der Waals surface area contributed by atoms with Gasteiger partial charge >= 0.3 is 5.97 Å². The van der Waals surface area contributed by atoms with Gasteiger partial charge in [0.05, 0.1) is 0 Å². The normalized spacial score (nSPS) is 12.9. The van der Waals surface area contributed by atoms with Crippen molar-refractivity contribution < 1.29 is 15.0 Å². The van der Waals surface area contributed by atoms with E-state index in [0.29, 0.717) is 6.42 Å². The maximum Gasteiger partial charge on any atom is 0.320 e. The van der Waals surface area contributed by atoms with Crippen molar-refractivity contribution >= 4 is 5.97 Å². The molecule has 0 amide bonds. The zero-order chi connectivity index (χ0) is 8.69. The molecule has 0 aromatic rings. The number of hydrogen-bond acceptors (Lipinski definition) is 3. The Labute approximate surface area is 66.0 Å². The van der Waals surface area contributed by atoms with Crippen LogP contribution in [0.25, 0.3) is 0 Å². The third-order valence-electron chi connectivity index (χ3n) is 1.49. The van der Waals surface area contributed by atoms with Crippen molar-refractivity contribution in [3.63, 3.8) is 0 Å². The minimum atomic E-state index is -0.950. The third kappa shape index (κ3) is 5.82. The standard InChI is InChI=1S/C7H15NO3/c8-6(7(10)11)4-2-1-3-5-9/h6,9H,1-5,8H2,(H,10,11)/t6-/m1/s1. The van der Waals surface area contributed by atoms with Gasteiger partial charge in [-0.15, -0.1) is 0 Å². The molecule has 0 saturated heterocycles. The third-order valence-corrected chi connectivity index (χ3v) is 1.49. The van der Waals surface area contributed by atoms with E-state index >= 15 is 0 Å². The maximum absolute atomic E-state index is 10.2. The summed E-state index contributed by atoms with van der Waals surface area (Å²) in [6.07, 6.45) is 2.84. The first-order chi connectivity index (χ1) is 5.18. The second-order valence-corrected chi connectivity index (χ2v) is 2.52. The average molecular weight is 161 g/mol. The molecule has 0 fully saturated rings. The highest BCUT2D eigenvalue weighted by molar-refractivity contribution is 5.72. The van der Waals surface area contributed by atoms with E-state index in [-0.39, 0.29) is 6.61 Å². The van der Waals surface area contributed by atoms with Crippen LogP contribution in [0.2, 0.25) is 0 Å². The SMILES string of the molecule is N[C@H](CCCCCO)C(=O)O. The molecule has 0 rings (SSSR count). The van der Waals surface area contributed by atoms with Crippen molar-refractivity contribution in [2.24, 2.45) is 5.73 Å². The van der Waals surface area contributed by atoms with E-state index < -0.39 is 12.0 Å². The summed E-state index contributed by atoms with van der Waals surface area (Å²) < 4.78 is 0. The molecule has 4 N–H and O–H groups in total. The van der Waals surface area contributed by atoms with Crippen molar-refractivity contribution in [3.8, 4) is 0 Å². The zero-order valence-electron chi connectivity index (χ0n) is 6.49. The second kappa shape index (κ2) is 6.12. The Kier molecular flexibility index (Phi) is 5.78. The van der Waals surface area contributed by atoms with Crippen LogP contribution in [-0.2, 0) is 4.79 Å². The van der Waals surface area contributed by atoms with Crippen LogP contribution < -0.4 is 5.73 Å². The number of rotatable bonds is 6. The molecular weight excluding hydrogens is 146 g/mol. The molecule has 66 valence electrons. The van der Waals surface area contributed by atoms with Gasteiger partial charge < -0.3 is 15.9 Å². The van der Waals surface area contributed by atoms with Crippen LogP contribution in [0.1, 0.15) is 25.7 Å². The fraction of sp³-hybridized carbons (Fsp3) is 0.857. The molecule has 0 bridgehead atoms. The highest BCUT2D eigenvalue weighted by Gasteiger charge is 2.09. The molecule has 0 radical (unpaired) electrons. The Morgan fingerprint density at radius 3 is 2.45 bits per heavy atom. The number of carboxylic acids is 1. The van der Waals surface area contributed by atoms with Gasteiger partial charge in [-0.2, -0.15) is 0 Å². The fourth-order valence-electron chi connectivity index (χ4n) is 0.776. The van der Waals surface area contributed by atoms with E-state index in [4.69, 9.17) is 15.9 Å². The summed E-state index contributed by atoms with van der Waals surface area (Å²) >= 11 is 0. The van der Waals surface area contributed by atoms with E-state index in [0.717, 1.165) is 19.3 Å². The number of aliphatic hydroxyl groups is 1. The van der Waals surface area contributed by atoms with Crippen LogP contribution in [0.15, 0.2) is 0 Å². The Morgan fingerprint density at radius 2 is 2.00 bits per heavy atom. The van der Waals surface area contributed by atoms with Gasteiger partial charge in [0.1, 0.15) is 6.04 Å². The van der Waals surface area contributed by atoms with Crippen molar-refractivity contribution in [2.75, 3.05) is 6.61 Å². The summed E-state index contributed by atoms with van der Waals surface area (Å²) in [5, 5.41) is 16.8. The fourth-order valence-corrected chi connectivity index (χ4v) is 0.776. The highest BCUT2D eigenvalue weighted by Crippen LogP contribution is 2.01. The lowest BCUT2D eigenvalue weighted by atomic mass is 10.1. The number of hydrogen-bond donors (Lipinski definition) is 3. The van der Waals surface area contributed by atoms with Gasteiger partial charge in [-0.05, 0) is 12.8 Å². The topological polar surface area (TPSA) is 83.5 Å². The molecule has 0 aliphatic rings. The molecule has 0 aromatic heterocycles. The van der Waals surface area contributed by atoms with Crippen molar-refractivity contribution in [2.45, 2.75) is 31.7 Å². The smallest absolute Gasteiger partial charge is 0.320 e. The molecule has 0 saturated carbocycles. The first kappa shape index (κ1) is 10.4. The Hall–Kier alpha value is -0.610. The lowest BCUT2D eigenvalue weighted by molar-refractivity contribution is -0.138. The van der Waals surface area contributed by atoms with Crippen LogP contribution in [0.3, 0.4) is 0 Å². The minimum absolute atomic E-state index is 0.169. The van der Waals surface area contributed by atoms with E-state index in [2.05, 4.69) is 0 Å². The minimum Gasteiger partial charge on any atom is -0.480 e. The largest absolute Gasteiger partial charge is 0.480 e. The predicted octanol–water partition coefficient (Wildman–Crippen LogP) is -0.0490. The van der Waals surface area contributed by atoms with E-state index in [1.807, 2.05) is 0 Å². The van der Waals surface area contributed by atoms with Crippen molar-refractivity contribution in [3.05, 3.63) is 0 Å². The number of carboxylic acid groups (broad SMARTS) is 1. The summed E-state index contributed by atoms with van der Waals surface area (Å²) in [7, 11) is 0. The second-order valence-electron chi connectivity index (χ2n) is 2.52. The summed E-state index contributed by atoms with van der Waals surface area (Å²) in [5.74, 6) is -0.950. The number of nitrogens with two attached hydrogens (primary N) is 1. The predicted molar refractivity (Wildman–Crippen MR) is 41.2 cm³/mol. The van der Waals surface area contributed by atoms with Gasteiger partial charge in [-0.3, -0.25) is 4.79 Å². The quantitative estimate of drug-likeness (QED) is 0.477. The molecule has 0 spiro atoms. The van der Waals surface area contributed by atoms with Gasteiger partial charge in [0.25, 0.3) is 0 Å². The molecule has 4 heteroatoms. The molecule has 0 aromatic carbocycles. The summed E-state index contributed by atoms with van der Waals surface area (Å²) in [6, 6.07) is -0.742. The van der Waals surface area contributed by atoms with E-state index in [9.17, 15) is 4.79 Å². The summed E-state index contributed by atoms with van der Waals surface area (Å²) in [4.78, 5) is 10.2. The molecule has 4 nitrogen and oxygen atoms in total. The molecule has 0 aliphatic heterocycles. The number of aliphatic carboxylic acids is 1. The van der Waals surface area contributed by atoms with Crippen LogP contribution in [0, 0.1) is 0 Å². The van der Waals surface area contributed by atoms with E-state index in [1.165, 1.54) is 0 Å². The molecule has 0 unspecified atom stereocenters. The highest BCUT2D eigenvalue weighted by atomic mass is 16.4. The Morgan fingerprint density at radius 1 is 1.36 bits per heavy atom. The molecule has 0 heterocycles. The van der Waals surface area contributed by atoms with Crippen LogP contribution in [0.5, 0.6) is 0 Å². The van der Waals surface area contributed by atoms with Crippen LogP contribution in [0.4, 0.5) is 0 Å². The molecule has 0 aliphatic carbocycles. The van der Waals surface area contributed by atoms with Gasteiger partial charge in [-0.25, -0.2) is 0 Å². The van der Waals surface area contributed by atoms with E-state index in [1.54, 1.807) is 0 Å². The van der Waals surface area contributed by atoms with Gasteiger partial charge in [0.15, 0.2) is 0 Å². The first-order valence-corrected chi connectivity index (χ1v) is 3.77. The average Bonchev–Trinajstić information content (AvgIpc) is 1.97. The number of unbranched alkanes of at least 4 members (excludes halogenated alkanes) is 2. The number of carbonyl (C=O) groups is 1. The number of aliphatic hydroxyl groups excluding tert-OH is 1. The molecular formula is C7H15NO3. The summed E-state index contributed by atoms with van der Waals surface area (Å²) in [6.45, 7) is 0.169. The monoisotopic (exact) mass is 161 g/mol. The van der Waals surface area contributed by atoms with Gasteiger partial charge in [-0.1, -0.05) is 12.8 Å². The van der Waals surface area contributed by atoms with Crippen LogP contribution >= 0.6 is 0 Å². The Bertz CT molecular complexity index is 116.